The van der Waals surface area contributed by atoms with E-state index in [1.165, 1.54) is 37.7 Å². The summed E-state index contributed by atoms with van der Waals surface area (Å²) in [6.07, 6.45) is 13.0. The van der Waals surface area contributed by atoms with Crippen molar-refractivity contribution in [2.45, 2.75) is 180 Å². The van der Waals surface area contributed by atoms with Gasteiger partial charge in [-0.2, -0.15) is 0 Å². The van der Waals surface area contributed by atoms with Crippen LogP contribution in [0, 0.1) is 34.5 Å². The highest BCUT2D eigenvalue weighted by molar-refractivity contribution is 6.70. The van der Waals surface area contributed by atoms with Crippen molar-refractivity contribution in [3.05, 3.63) is 11.6 Å². The summed E-state index contributed by atoms with van der Waals surface area (Å²) in [6.45, 7) is 28.5. The van der Waals surface area contributed by atoms with Crippen molar-refractivity contribution in [3.63, 3.8) is 0 Å². The van der Waals surface area contributed by atoms with Gasteiger partial charge in [0, 0.05) is 17.9 Å². The summed E-state index contributed by atoms with van der Waals surface area (Å²) in [4.78, 5) is 12.2. The molecule has 7 nitrogen and oxygen atoms in total. The summed E-state index contributed by atoms with van der Waals surface area (Å²) in [5, 5.41) is 0. The minimum absolute atomic E-state index is 0.0143. The van der Waals surface area contributed by atoms with Gasteiger partial charge in [0.05, 0.1) is 30.0 Å². The quantitative estimate of drug-likeness (QED) is 0.134. The first-order valence-corrected chi connectivity index (χ1v) is 29.6. The van der Waals surface area contributed by atoms with Crippen LogP contribution in [0.3, 0.4) is 0 Å². The molecule has 0 aromatic carbocycles. The highest BCUT2D eigenvalue weighted by Crippen LogP contribution is 2.71. The van der Waals surface area contributed by atoms with Crippen LogP contribution in [0.1, 0.15) is 85.0 Å². The van der Waals surface area contributed by atoms with Crippen LogP contribution in [0.5, 0.6) is 0 Å². The Bertz CT molecular complexity index is 1240. The first-order valence-electron chi connectivity index (χ1n) is 19.4. The molecular weight excluding hydrogens is 653 g/mol. The molecule has 0 amide bonds. The second-order valence-corrected chi connectivity index (χ2v) is 33.3. The lowest BCUT2D eigenvalue weighted by atomic mass is 9.43. The zero-order chi connectivity index (χ0) is 35.1. The van der Waals surface area contributed by atoms with Gasteiger partial charge in [0.2, 0.25) is 0 Å². The fourth-order valence-corrected chi connectivity index (χ4v) is 15.6. The Morgan fingerprint density at radius 1 is 0.792 bits per heavy atom. The summed E-state index contributed by atoms with van der Waals surface area (Å²) in [5.41, 5.74) is 1.43. The molecule has 6 rings (SSSR count). The van der Waals surface area contributed by atoms with E-state index < -0.39 is 25.0 Å². The Kier molecular flexibility index (Phi) is 10.1. The summed E-state index contributed by atoms with van der Waals surface area (Å²) in [5.74, 6) is 2.10. The maximum atomic E-state index is 12.2. The average Bonchev–Trinajstić information content (AvgIpc) is 3.48. The van der Waals surface area contributed by atoms with E-state index in [2.05, 4.69) is 79.7 Å². The van der Waals surface area contributed by atoms with Crippen LogP contribution in [-0.4, -0.2) is 73.8 Å². The van der Waals surface area contributed by atoms with Gasteiger partial charge in [-0.25, -0.2) is 4.79 Å². The van der Waals surface area contributed by atoms with Gasteiger partial charge in [-0.1, -0.05) is 13.8 Å². The fourth-order valence-electron chi connectivity index (χ4n) is 11.7. The molecule has 0 N–H and O–H groups in total. The molecule has 12 unspecified atom stereocenters. The van der Waals surface area contributed by atoms with Gasteiger partial charge < -0.3 is 27.5 Å². The zero-order valence-electron chi connectivity index (χ0n) is 32.4. The Labute approximate surface area is 295 Å². The topological polar surface area (TPSA) is 72.5 Å². The second kappa shape index (κ2) is 13.0. The molecule has 1 saturated heterocycles. The molecular formula is C38H68O7Si3. The molecule has 10 heteroatoms. The predicted octanol–water partition coefficient (Wildman–Crippen LogP) is 9.06. The molecule has 12 atom stereocenters. The fraction of sp³-hybridized carbons (Fsp3) is 0.921. The van der Waals surface area contributed by atoms with Gasteiger partial charge in [-0.15, -0.1) is 0 Å². The highest BCUT2D eigenvalue weighted by atomic mass is 28.4. The zero-order valence-corrected chi connectivity index (χ0v) is 35.4. The molecule has 0 bridgehead atoms. The molecule has 2 aliphatic heterocycles. The molecule has 6 aliphatic rings. The smallest absolute Gasteiger partial charge is 0.331 e. The van der Waals surface area contributed by atoms with Crippen LogP contribution in [-0.2, 0) is 32.3 Å². The summed E-state index contributed by atoms with van der Waals surface area (Å²) in [6, 6.07) is 0. The van der Waals surface area contributed by atoms with E-state index in [0.717, 1.165) is 32.1 Å². The van der Waals surface area contributed by atoms with Crippen LogP contribution >= 0.6 is 0 Å². The number of ether oxygens (including phenoxy) is 3. The normalized spacial score (nSPS) is 45.2. The van der Waals surface area contributed by atoms with Crippen molar-refractivity contribution in [1.29, 1.82) is 0 Å². The number of cyclic esters (lactones) is 1. The molecule has 0 aromatic rings. The number of esters is 1. The van der Waals surface area contributed by atoms with E-state index in [1.54, 1.807) is 0 Å². The largest absolute Gasteiger partial charge is 0.458 e. The monoisotopic (exact) mass is 720 g/mol. The minimum atomic E-state index is -1.86. The highest BCUT2D eigenvalue weighted by Gasteiger charge is 2.69. The SMILES string of the molecule is CC1OC(OC2CCC3(C)C(CCC4C3CCC3(C)C(C5=CC(=O)OC5)CCC43O[Si](C)(C)C)C2)CC(O[Si](C)(C)C)C1O[Si](C)(C)C. The van der Waals surface area contributed by atoms with Crippen LogP contribution in [0.25, 0.3) is 0 Å². The third kappa shape index (κ3) is 7.18. The van der Waals surface area contributed by atoms with E-state index in [4.69, 9.17) is 27.5 Å². The second-order valence-electron chi connectivity index (χ2n) is 20.0. The third-order valence-corrected chi connectivity index (χ3v) is 16.3. The third-order valence-electron chi connectivity index (χ3n) is 13.3. The average molecular weight is 721 g/mol. The van der Waals surface area contributed by atoms with Crippen molar-refractivity contribution in [3.8, 4) is 0 Å². The maximum absolute atomic E-state index is 12.2. The molecule has 2 heterocycles. The Hall–Kier alpha value is -0.339. The standard InChI is InChI=1S/C38H68O7Si3/c1-25-35(44-47(7,8)9)32(43-46(4,5)6)23-34(41-25)42-28-15-18-36(2)27(22-28)13-14-31-30(36)16-19-37(3)29(26-21-33(39)40-24-26)17-20-38(31,37)45-48(10,11)12/h21,25,27-32,34-35H,13-20,22-24H2,1-12H3. The van der Waals surface area contributed by atoms with Gasteiger partial charge in [0.15, 0.2) is 31.2 Å². The first-order chi connectivity index (χ1) is 22.1. The number of rotatable bonds is 9. The van der Waals surface area contributed by atoms with E-state index in [0.29, 0.717) is 35.7 Å². The van der Waals surface area contributed by atoms with Crippen LogP contribution in [0.2, 0.25) is 58.9 Å². The lowest BCUT2D eigenvalue weighted by Crippen LogP contribution is -2.65. The summed E-state index contributed by atoms with van der Waals surface area (Å²) < 4.78 is 39.9. The van der Waals surface area contributed by atoms with Crippen LogP contribution in [0.15, 0.2) is 11.6 Å². The van der Waals surface area contributed by atoms with Crippen molar-refractivity contribution in [1.82, 2.24) is 0 Å². The Balaban J connectivity index is 1.17. The van der Waals surface area contributed by atoms with Gasteiger partial charge >= 0.3 is 5.97 Å². The lowest BCUT2D eigenvalue weighted by Gasteiger charge is -2.66. The first kappa shape index (κ1) is 37.4. The molecule has 48 heavy (non-hydrogen) atoms. The van der Waals surface area contributed by atoms with Crippen molar-refractivity contribution in [2.24, 2.45) is 34.5 Å². The van der Waals surface area contributed by atoms with E-state index in [9.17, 15) is 4.79 Å². The van der Waals surface area contributed by atoms with E-state index in [1.807, 2.05) is 6.08 Å². The lowest BCUT2D eigenvalue weighted by molar-refractivity contribution is -0.266. The summed E-state index contributed by atoms with van der Waals surface area (Å²) in [7, 11) is -5.41. The van der Waals surface area contributed by atoms with Gasteiger partial charge in [0.25, 0.3) is 0 Å². The molecule has 0 radical (unpaired) electrons. The van der Waals surface area contributed by atoms with Crippen LogP contribution in [0.4, 0.5) is 0 Å². The number of hydrogen-bond donors (Lipinski definition) is 0. The van der Waals surface area contributed by atoms with E-state index >= 15 is 0 Å². The van der Waals surface area contributed by atoms with E-state index in [-0.39, 0.29) is 47.7 Å². The Morgan fingerprint density at radius 3 is 2.12 bits per heavy atom. The van der Waals surface area contributed by atoms with Gasteiger partial charge in [-0.05, 0) is 158 Å². The Morgan fingerprint density at radius 2 is 1.50 bits per heavy atom. The number of hydrogen-bond acceptors (Lipinski definition) is 7. The molecule has 4 aliphatic carbocycles. The van der Waals surface area contributed by atoms with Crippen molar-refractivity contribution in [2.75, 3.05) is 6.61 Å². The molecule has 4 saturated carbocycles. The maximum Gasteiger partial charge on any atom is 0.331 e. The number of carbonyl (C=O) groups excluding carboxylic acids is 1. The number of carbonyl (C=O) groups is 1. The minimum Gasteiger partial charge on any atom is -0.458 e. The predicted molar refractivity (Wildman–Crippen MR) is 198 cm³/mol. The van der Waals surface area contributed by atoms with Crippen LogP contribution < -0.4 is 0 Å². The van der Waals surface area contributed by atoms with Gasteiger partial charge in [-0.3, -0.25) is 0 Å². The van der Waals surface area contributed by atoms with Gasteiger partial charge in [0.1, 0.15) is 6.61 Å². The molecule has 0 aromatic heterocycles. The molecule has 5 fully saturated rings. The van der Waals surface area contributed by atoms with Crippen molar-refractivity contribution >= 4 is 30.9 Å². The summed E-state index contributed by atoms with van der Waals surface area (Å²) >= 11 is 0. The van der Waals surface area contributed by atoms with Crippen molar-refractivity contribution < 1.29 is 32.3 Å². The number of fused-ring (bicyclic) bond motifs is 5. The molecule has 274 valence electrons. The molecule has 0 spiro atoms.